The average molecular weight is 362 g/mol. The lowest BCUT2D eigenvalue weighted by Gasteiger charge is -2.16. The minimum Gasteiger partial charge on any atom is -0.497 e. The van der Waals surface area contributed by atoms with Crippen LogP contribution in [0.5, 0.6) is 11.5 Å². The number of carbonyl (C=O) groups is 1. The standard InChI is InChI=1S/C17H16BrNO3/c1-21-13-3-2-4-14(10-13)22-16-8-5-11-9-12(18)6-7-15(11)19-17(16)20/h2-4,6-7,9-10,16H,5,8H2,1H3,(H,19,20). The van der Waals surface area contributed by atoms with E-state index < -0.39 is 6.10 Å². The zero-order chi connectivity index (χ0) is 15.5. The molecule has 2 aromatic rings. The molecule has 22 heavy (non-hydrogen) atoms. The van der Waals surface area contributed by atoms with Gasteiger partial charge < -0.3 is 14.8 Å². The molecule has 5 heteroatoms. The highest BCUT2D eigenvalue weighted by molar-refractivity contribution is 9.10. The van der Waals surface area contributed by atoms with Gasteiger partial charge in [-0.2, -0.15) is 0 Å². The molecule has 0 aliphatic carbocycles. The molecule has 2 aromatic carbocycles. The van der Waals surface area contributed by atoms with E-state index in [0.717, 1.165) is 22.1 Å². The first kappa shape index (κ1) is 14.9. The Kier molecular flexibility index (Phi) is 4.34. The molecule has 1 atom stereocenters. The number of methoxy groups -OCH3 is 1. The van der Waals surface area contributed by atoms with Crippen molar-refractivity contribution in [1.29, 1.82) is 0 Å². The van der Waals surface area contributed by atoms with E-state index in [-0.39, 0.29) is 5.91 Å². The molecule has 0 spiro atoms. The number of halogens is 1. The van der Waals surface area contributed by atoms with Crippen LogP contribution in [0.1, 0.15) is 12.0 Å². The summed E-state index contributed by atoms with van der Waals surface area (Å²) in [6.07, 6.45) is 0.896. The molecule has 0 aromatic heterocycles. The smallest absolute Gasteiger partial charge is 0.265 e. The molecule has 0 saturated heterocycles. The summed E-state index contributed by atoms with van der Waals surface area (Å²) in [7, 11) is 1.60. The van der Waals surface area contributed by atoms with E-state index in [1.54, 1.807) is 13.2 Å². The predicted molar refractivity (Wildman–Crippen MR) is 88.5 cm³/mol. The van der Waals surface area contributed by atoms with Crippen LogP contribution >= 0.6 is 15.9 Å². The van der Waals surface area contributed by atoms with E-state index in [2.05, 4.69) is 21.2 Å². The SMILES string of the molecule is COc1cccc(OC2CCc3cc(Br)ccc3NC2=O)c1. The predicted octanol–water partition coefficient (Wildman–Crippen LogP) is 3.79. The summed E-state index contributed by atoms with van der Waals surface area (Å²) in [5.41, 5.74) is 1.96. The van der Waals surface area contributed by atoms with Crippen LogP contribution < -0.4 is 14.8 Å². The largest absolute Gasteiger partial charge is 0.497 e. The fourth-order valence-corrected chi connectivity index (χ4v) is 2.88. The molecule has 1 amide bonds. The molecule has 1 aliphatic heterocycles. The van der Waals surface area contributed by atoms with Crippen molar-refractivity contribution >= 4 is 27.5 Å². The summed E-state index contributed by atoms with van der Waals surface area (Å²) in [5, 5.41) is 2.93. The van der Waals surface area contributed by atoms with Gasteiger partial charge in [0.1, 0.15) is 11.5 Å². The second-order valence-corrected chi connectivity index (χ2v) is 6.03. The molecular weight excluding hydrogens is 346 g/mol. The van der Waals surface area contributed by atoms with Gasteiger partial charge in [-0.15, -0.1) is 0 Å². The summed E-state index contributed by atoms with van der Waals surface area (Å²) < 4.78 is 12.0. The zero-order valence-corrected chi connectivity index (χ0v) is 13.7. The van der Waals surface area contributed by atoms with Crippen LogP contribution in [0.15, 0.2) is 46.9 Å². The van der Waals surface area contributed by atoms with E-state index in [0.29, 0.717) is 17.9 Å². The van der Waals surface area contributed by atoms with E-state index in [1.807, 2.05) is 36.4 Å². The Morgan fingerprint density at radius 1 is 1.18 bits per heavy atom. The fraction of sp³-hybridized carbons (Fsp3) is 0.235. The van der Waals surface area contributed by atoms with Crippen LogP contribution in [0.3, 0.4) is 0 Å². The number of hydrogen-bond acceptors (Lipinski definition) is 3. The number of amides is 1. The van der Waals surface area contributed by atoms with Crippen molar-refractivity contribution < 1.29 is 14.3 Å². The van der Waals surface area contributed by atoms with Gasteiger partial charge in [0, 0.05) is 16.2 Å². The first-order valence-corrected chi connectivity index (χ1v) is 7.85. The van der Waals surface area contributed by atoms with Crippen LogP contribution in [0, 0.1) is 0 Å². The van der Waals surface area contributed by atoms with Gasteiger partial charge in [0.2, 0.25) is 0 Å². The maximum atomic E-state index is 12.3. The highest BCUT2D eigenvalue weighted by Crippen LogP contribution is 2.28. The second kappa shape index (κ2) is 6.40. The number of fused-ring (bicyclic) bond motifs is 1. The first-order valence-electron chi connectivity index (χ1n) is 7.06. The summed E-state index contributed by atoms with van der Waals surface area (Å²) in [6.45, 7) is 0. The third kappa shape index (κ3) is 3.25. The topological polar surface area (TPSA) is 47.6 Å². The summed E-state index contributed by atoms with van der Waals surface area (Å²) in [5.74, 6) is 1.22. The van der Waals surface area contributed by atoms with Crippen LogP contribution in [-0.4, -0.2) is 19.1 Å². The highest BCUT2D eigenvalue weighted by Gasteiger charge is 2.25. The van der Waals surface area contributed by atoms with Gasteiger partial charge in [0.15, 0.2) is 6.10 Å². The van der Waals surface area contributed by atoms with Gasteiger partial charge >= 0.3 is 0 Å². The number of carbonyl (C=O) groups excluding carboxylic acids is 1. The zero-order valence-electron chi connectivity index (χ0n) is 12.1. The van der Waals surface area contributed by atoms with Gasteiger partial charge in [-0.25, -0.2) is 0 Å². The number of hydrogen-bond donors (Lipinski definition) is 1. The number of aryl methyl sites for hydroxylation is 1. The molecule has 1 N–H and O–H groups in total. The van der Waals surface area contributed by atoms with Crippen LogP contribution in [-0.2, 0) is 11.2 Å². The van der Waals surface area contributed by atoms with Crippen molar-refractivity contribution in [1.82, 2.24) is 0 Å². The first-order chi connectivity index (χ1) is 10.7. The van der Waals surface area contributed by atoms with Crippen molar-refractivity contribution in [3.63, 3.8) is 0 Å². The monoisotopic (exact) mass is 361 g/mol. The third-order valence-corrected chi connectivity index (χ3v) is 4.11. The van der Waals surface area contributed by atoms with E-state index in [1.165, 1.54) is 0 Å². The summed E-state index contributed by atoms with van der Waals surface area (Å²) in [4.78, 5) is 12.3. The van der Waals surface area contributed by atoms with Crippen LogP contribution in [0.25, 0.3) is 0 Å². The number of rotatable bonds is 3. The number of nitrogens with one attached hydrogen (secondary N) is 1. The van der Waals surface area contributed by atoms with E-state index in [9.17, 15) is 4.79 Å². The molecule has 114 valence electrons. The Bertz CT molecular complexity index is 702. The van der Waals surface area contributed by atoms with Crippen LogP contribution in [0.4, 0.5) is 5.69 Å². The lowest BCUT2D eigenvalue weighted by Crippen LogP contribution is -2.31. The van der Waals surface area contributed by atoms with Gasteiger partial charge in [0.25, 0.3) is 5.91 Å². The third-order valence-electron chi connectivity index (χ3n) is 3.61. The molecule has 1 unspecified atom stereocenters. The van der Waals surface area contributed by atoms with Crippen molar-refractivity contribution in [3.05, 3.63) is 52.5 Å². The highest BCUT2D eigenvalue weighted by atomic mass is 79.9. The van der Waals surface area contributed by atoms with Gasteiger partial charge in [-0.1, -0.05) is 22.0 Å². The van der Waals surface area contributed by atoms with Gasteiger partial charge in [-0.05, 0) is 48.7 Å². The van der Waals surface area contributed by atoms with Crippen molar-refractivity contribution in [2.75, 3.05) is 12.4 Å². The number of ether oxygens (including phenoxy) is 2. The molecular formula is C17H16BrNO3. The molecule has 1 aliphatic rings. The van der Waals surface area contributed by atoms with Crippen molar-refractivity contribution in [3.8, 4) is 11.5 Å². The summed E-state index contributed by atoms with van der Waals surface area (Å²) in [6, 6.07) is 13.1. The minimum absolute atomic E-state index is 0.121. The lowest BCUT2D eigenvalue weighted by atomic mass is 10.1. The fourth-order valence-electron chi connectivity index (χ4n) is 2.47. The molecule has 0 radical (unpaired) electrons. The minimum atomic E-state index is -0.515. The lowest BCUT2D eigenvalue weighted by molar-refractivity contribution is -0.122. The average Bonchev–Trinajstić information content (AvgIpc) is 2.67. The van der Waals surface area contributed by atoms with E-state index >= 15 is 0 Å². The maximum Gasteiger partial charge on any atom is 0.265 e. The Labute approximate surface area is 137 Å². The van der Waals surface area contributed by atoms with Crippen molar-refractivity contribution in [2.45, 2.75) is 18.9 Å². The Hall–Kier alpha value is -2.01. The quantitative estimate of drug-likeness (QED) is 0.904. The van der Waals surface area contributed by atoms with Gasteiger partial charge in [-0.3, -0.25) is 4.79 Å². The van der Waals surface area contributed by atoms with E-state index in [4.69, 9.17) is 9.47 Å². The van der Waals surface area contributed by atoms with Crippen molar-refractivity contribution in [2.24, 2.45) is 0 Å². The summed E-state index contributed by atoms with van der Waals surface area (Å²) >= 11 is 3.46. The molecule has 0 fully saturated rings. The molecule has 0 bridgehead atoms. The van der Waals surface area contributed by atoms with Crippen LogP contribution in [0.2, 0.25) is 0 Å². The Balaban J connectivity index is 1.77. The Morgan fingerprint density at radius 3 is 2.82 bits per heavy atom. The Morgan fingerprint density at radius 2 is 2.00 bits per heavy atom. The molecule has 3 rings (SSSR count). The molecule has 0 saturated carbocycles. The molecule has 4 nitrogen and oxygen atoms in total. The number of anilines is 1. The number of benzene rings is 2. The normalized spacial score (nSPS) is 17.2. The molecule has 1 heterocycles. The second-order valence-electron chi connectivity index (χ2n) is 5.11. The maximum absolute atomic E-state index is 12.3. The van der Waals surface area contributed by atoms with Gasteiger partial charge in [0.05, 0.1) is 7.11 Å².